The van der Waals surface area contributed by atoms with Crippen LogP contribution in [0.1, 0.15) is 25.3 Å². The molecule has 1 aliphatic carbocycles. The van der Waals surface area contributed by atoms with Gasteiger partial charge < -0.3 is 50.0 Å². The Balaban J connectivity index is 1.68. The number of hydrogen-bond donors (Lipinski definition) is 7. The highest BCUT2D eigenvalue weighted by molar-refractivity contribution is 5.89. The molecular weight excluding hydrogens is 492 g/mol. The quantitative estimate of drug-likeness (QED) is 0.129. The van der Waals surface area contributed by atoms with Gasteiger partial charge in [-0.2, -0.15) is 0 Å². The molecule has 12 heteroatoms. The lowest BCUT2D eigenvalue weighted by molar-refractivity contribution is -0.219. The number of carboxylic acid groups (broad SMARTS) is 1. The second-order valence-electron chi connectivity index (χ2n) is 9.01. The maximum absolute atomic E-state index is 12.6. The molecule has 2 aliphatic rings. The molecule has 1 aromatic carbocycles. The Morgan fingerprint density at radius 1 is 1.11 bits per heavy atom. The van der Waals surface area contributed by atoms with Gasteiger partial charge in [-0.25, -0.2) is 4.79 Å². The molecule has 0 radical (unpaired) electrons. The summed E-state index contributed by atoms with van der Waals surface area (Å²) >= 11 is 0. The number of aromatic hydroxyl groups is 2. The van der Waals surface area contributed by atoms with Crippen LogP contribution < -0.4 is 0 Å². The van der Waals surface area contributed by atoms with Crippen molar-refractivity contribution in [2.75, 3.05) is 13.2 Å². The zero-order valence-corrected chi connectivity index (χ0v) is 20.1. The van der Waals surface area contributed by atoms with Crippen molar-refractivity contribution < 1.29 is 59.5 Å². The Bertz CT molecular complexity index is 1030. The molecule has 1 fully saturated rings. The van der Waals surface area contributed by atoms with Crippen LogP contribution in [-0.4, -0.2) is 91.6 Å². The third-order valence-electron chi connectivity index (χ3n) is 6.64. The first-order valence-electron chi connectivity index (χ1n) is 11.8. The van der Waals surface area contributed by atoms with E-state index < -0.39 is 61.1 Å². The molecule has 0 aromatic heterocycles. The molecule has 0 amide bonds. The molecule has 12 nitrogen and oxygen atoms in total. The number of carboxylic acids is 1. The van der Waals surface area contributed by atoms with E-state index in [-0.39, 0.29) is 48.5 Å². The normalized spacial score (nSPS) is 30.9. The molecule has 1 unspecified atom stereocenters. The molecule has 1 aliphatic heterocycles. The van der Waals surface area contributed by atoms with Crippen molar-refractivity contribution in [1.29, 1.82) is 0 Å². The van der Waals surface area contributed by atoms with Gasteiger partial charge in [0.05, 0.1) is 37.1 Å². The van der Waals surface area contributed by atoms with E-state index in [0.717, 1.165) is 6.26 Å². The van der Waals surface area contributed by atoms with Crippen LogP contribution in [0.25, 0.3) is 0 Å². The number of esters is 1. The van der Waals surface area contributed by atoms with Gasteiger partial charge in [0.1, 0.15) is 12.2 Å². The highest BCUT2D eigenvalue weighted by Gasteiger charge is 2.45. The average molecular weight is 525 g/mol. The largest absolute Gasteiger partial charge is 0.504 e. The summed E-state index contributed by atoms with van der Waals surface area (Å²) in [6.45, 7) is 1.09. The predicted octanol–water partition coefficient (Wildman–Crippen LogP) is -0.0590. The lowest BCUT2D eigenvalue weighted by Gasteiger charge is -2.42. The van der Waals surface area contributed by atoms with E-state index in [1.807, 2.05) is 0 Å². The number of rotatable bonds is 9. The number of benzene rings is 1. The van der Waals surface area contributed by atoms with E-state index in [0.29, 0.717) is 5.56 Å². The minimum Gasteiger partial charge on any atom is -0.504 e. The van der Waals surface area contributed by atoms with Crippen molar-refractivity contribution >= 4 is 11.9 Å². The summed E-state index contributed by atoms with van der Waals surface area (Å²) in [5.41, 5.74) is 0.692. The monoisotopic (exact) mass is 524 g/mol. The third-order valence-corrected chi connectivity index (χ3v) is 6.64. The SMILES string of the molecule is C/C=C1\[C@H](OC2C[C@H](CO)[C@@H](O)[C@H](O)[C@H]2O)OC=C(C(=O)O)[C@H]1CC(=O)OCCc1ccc(O)c(O)c1. The summed E-state index contributed by atoms with van der Waals surface area (Å²) in [4.78, 5) is 24.4. The molecule has 3 rings (SSSR count). The fourth-order valence-electron chi connectivity index (χ4n) is 4.50. The summed E-state index contributed by atoms with van der Waals surface area (Å²) in [5.74, 6) is -4.32. The molecule has 1 aromatic rings. The van der Waals surface area contributed by atoms with Crippen molar-refractivity contribution in [3.8, 4) is 11.5 Å². The van der Waals surface area contributed by atoms with E-state index in [1.165, 1.54) is 18.2 Å². The molecule has 0 bridgehead atoms. The van der Waals surface area contributed by atoms with E-state index in [1.54, 1.807) is 13.0 Å². The van der Waals surface area contributed by atoms with Gasteiger partial charge in [-0.15, -0.1) is 0 Å². The van der Waals surface area contributed by atoms with Gasteiger partial charge in [0.25, 0.3) is 0 Å². The van der Waals surface area contributed by atoms with Crippen LogP contribution >= 0.6 is 0 Å². The van der Waals surface area contributed by atoms with Crippen molar-refractivity contribution in [3.63, 3.8) is 0 Å². The summed E-state index contributed by atoms with van der Waals surface area (Å²) in [5, 5.41) is 68.6. The van der Waals surface area contributed by atoms with Crippen LogP contribution in [0.4, 0.5) is 0 Å². The van der Waals surface area contributed by atoms with Gasteiger partial charge in [-0.1, -0.05) is 12.1 Å². The lowest BCUT2D eigenvalue weighted by atomic mass is 9.81. The number of hydrogen-bond acceptors (Lipinski definition) is 11. The number of carbonyl (C=O) groups excluding carboxylic acids is 1. The number of aliphatic carboxylic acids is 1. The van der Waals surface area contributed by atoms with Gasteiger partial charge in [0, 0.05) is 30.4 Å². The number of phenolic OH excluding ortho intramolecular Hbond substituents is 2. The van der Waals surface area contributed by atoms with Gasteiger partial charge in [0.2, 0.25) is 6.29 Å². The van der Waals surface area contributed by atoms with E-state index in [9.17, 15) is 45.3 Å². The Labute approximate surface area is 212 Å². The topological polar surface area (TPSA) is 203 Å². The van der Waals surface area contributed by atoms with Crippen molar-refractivity contribution in [1.82, 2.24) is 0 Å². The number of aliphatic hydroxyl groups is 4. The van der Waals surface area contributed by atoms with Gasteiger partial charge in [-0.05, 0) is 31.0 Å². The van der Waals surface area contributed by atoms with Gasteiger partial charge in [0.15, 0.2) is 11.5 Å². The minimum absolute atomic E-state index is 0.00176. The Morgan fingerprint density at radius 2 is 1.84 bits per heavy atom. The fraction of sp³-hybridized carbons (Fsp3) is 0.520. The first-order chi connectivity index (χ1) is 17.6. The Morgan fingerprint density at radius 3 is 2.46 bits per heavy atom. The van der Waals surface area contributed by atoms with Gasteiger partial charge in [-0.3, -0.25) is 4.79 Å². The molecule has 7 N–H and O–H groups in total. The van der Waals surface area contributed by atoms with Crippen LogP contribution in [0.3, 0.4) is 0 Å². The number of ether oxygens (including phenoxy) is 3. The smallest absolute Gasteiger partial charge is 0.335 e. The van der Waals surface area contributed by atoms with Crippen molar-refractivity contribution in [2.24, 2.45) is 11.8 Å². The predicted molar refractivity (Wildman–Crippen MR) is 125 cm³/mol. The molecule has 0 spiro atoms. The maximum atomic E-state index is 12.6. The molecular formula is C25H32O12. The van der Waals surface area contributed by atoms with Crippen LogP contribution in [0.5, 0.6) is 11.5 Å². The van der Waals surface area contributed by atoms with Crippen LogP contribution in [-0.2, 0) is 30.2 Å². The van der Waals surface area contributed by atoms with E-state index in [2.05, 4.69) is 0 Å². The second kappa shape index (κ2) is 12.4. The second-order valence-corrected chi connectivity index (χ2v) is 9.01. The van der Waals surface area contributed by atoms with E-state index in [4.69, 9.17) is 14.2 Å². The standard InChI is InChI=1S/C25H32O12/c1-2-14-15(9-20(29)35-6-5-12-3-4-17(27)18(28)7-12)16(24(33)34)11-36-25(14)37-19-8-13(10-26)21(30)23(32)22(19)31/h2-4,7,11,13,15,19,21-23,25-28,30-32H,5-6,8-10H2,1H3,(H,33,34)/b14-2-/t13-,15+,19?,21-,22+,23+,25+/m1/s1. The number of phenols is 2. The number of aliphatic hydroxyl groups excluding tert-OH is 4. The summed E-state index contributed by atoms with van der Waals surface area (Å²) in [6, 6.07) is 4.20. The average Bonchev–Trinajstić information content (AvgIpc) is 2.86. The molecule has 1 heterocycles. The highest BCUT2D eigenvalue weighted by Crippen LogP contribution is 2.37. The number of allylic oxidation sites excluding steroid dienone is 1. The Hall–Kier alpha value is -3.16. The fourth-order valence-corrected chi connectivity index (χ4v) is 4.50. The van der Waals surface area contributed by atoms with E-state index >= 15 is 0 Å². The molecule has 0 saturated heterocycles. The molecule has 37 heavy (non-hydrogen) atoms. The first kappa shape index (κ1) is 28.4. The zero-order valence-electron chi connectivity index (χ0n) is 20.1. The number of carbonyl (C=O) groups is 2. The van der Waals surface area contributed by atoms with Gasteiger partial charge >= 0.3 is 11.9 Å². The summed E-state index contributed by atoms with van der Waals surface area (Å²) in [6.07, 6.45) is -4.28. The Kier molecular flexibility index (Phi) is 9.51. The third kappa shape index (κ3) is 6.59. The minimum atomic E-state index is -1.57. The maximum Gasteiger partial charge on any atom is 0.335 e. The summed E-state index contributed by atoms with van der Waals surface area (Å²) < 4.78 is 16.6. The zero-order chi connectivity index (χ0) is 27.3. The van der Waals surface area contributed by atoms with Crippen LogP contribution in [0.15, 0.2) is 41.7 Å². The first-order valence-corrected chi connectivity index (χ1v) is 11.8. The molecule has 7 atom stereocenters. The summed E-state index contributed by atoms with van der Waals surface area (Å²) in [7, 11) is 0. The lowest BCUT2D eigenvalue weighted by Crippen LogP contribution is -2.56. The van der Waals surface area contributed by atoms with Crippen molar-refractivity contribution in [2.45, 2.75) is 56.9 Å². The van der Waals surface area contributed by atoms with Crippen LogP contribution in [0.2, 0.25) is 0 Å². The molecule has 1 saturated carbocycles. The highest BCUT2D eigenvalue weighted by atomic mass is 16.7. The van der Waals surface area contributed by atoms with Crippen molar-refractivity contribution in [3.05, 3.63) is 47.2 Å². The van der Waals surface area contributed by atoms with Crippen LogP contribution in [0, 0.1) is 11.8 Å². The molecule has 204 valence electrons.